The molecule has 1 saturated carbocycles. The molecule has 1 spiro atoms. The predicted molar refractivity (Wildman–Crippen MR) is 73.8 cm³/mol. The van der Waals surface area contributed by atoms with E-state index in [1.165, 1.54) is 32.1 Å². The van der Waals surface area contributed by atoms with Gasteiger partial charge in [-0.15, -0.1) is 0 Å². The van der Waals surface area contributed by atoms with Gasteiger partial charge in [0.25, 0.3) is 0 Å². The smallest absolute Gasteiger partial charge is 0.142 e. The topological polar surface area (TPSA) is 62.0 Å². The fraction of sp³-hybridized carbons (Fsp3) is 0.667. The number of hydrogen-bond acceptors (Lipinski definition) is 5. The van der Waals surface area contributed by atoms with Crippen molar-refractivity contribution in [3.8, 4) is 6.07 Å². The van der Waals surface area contributed by atoms with Crippen LogP contribution in [-0.2, 0) is 11.3 Å². The summed E-state index contributed by atoms with van der Waals surface area (Å²) in [6, 6.07) is 2.06. The van der Waals surface area contributed by atoms with Gasteiger partial charge in [0.15, 0.2) is 0 Å². The highest BCUT2D eigenvalue weighted by atomic mass is 16.5. The summed E-state index contributed by atoms with van der Waals surface area (Å²) in [6.45, 7) is 3.33. The molecule has 0 unspecified atom stereocenters. The third kappa shape index (κ3) is 2.67. The lowest BCUT2D eigenvalue weighted by Crippen LogP contribution is -2.57. The van der Waals surface area contributed by atoms with Crippen LogP contribution in [-0.4, -0.2) is 40.2 Å². The number of rotatable bonds is 2. The quantitative estimate of drug-likeness (QED) is 0.822. The minimum atomic E-state index is 0.188. The maximum Gasteiger partial charge on any atom is 0.142 e. The second kappa shape index (κ2) is 5.86. The molecule has 0 bridgehead atoms. The van der Waals surface area contributed by atoms with Crippen LogP contribution in [0, 0.1) is 11.3 Å². The van der Waals surface area contributed by atoms with E-state index < -0.39 is 0 Å². The molecule has 2 aliphatic rings. The summed E-state index contributed by atoms with van der Waals surface area (Å²) in [5, 5.41) is 8.79. The van der Waals surface area contributed by atoms with Crippen LogP contribution in [0.1, 0.15) is 43.5 Å². The van der Waals surface area contributed by atoms with Crippen molar-refractivity contribution >= 4 is 0 Å². The molecule has 106 valence electrons. The highest BCUT2D eigenvalue weighted by Crippen LogP contribution is 2.36. The van der Waals surface area contributed by atoms with Crippen molar-refractivity contribution in [3.63, 3.8) is 0 Å². The minimum absolute atomic E-state index is 0.188. The molecule has 5 nitrogen and oxygen atoms in total. The van der Waals surface area contributed by atoms with Gasteiger partial charge in [0.2, 0.25) is 0 Å². The Labute approximate surface area is 119 Å². The van der Waals surface area contributed by atoms with Gasteiger partial charge in [-0.3, -0.25) is 4.90 Å². The van der Waals surface area contributed by atoms with Crippen molar-refractivity contribution < 1.29 is 4.74 Å². The second-order valence-corrected chi connectivity index (χ2v) is 5.76. The van der Waals surface area contributed by atoms with Gasteiger partial charge in [-0.2, -0.15) is 5.26 Å². The molecule has 0 amide bonds. The Kier molecular flexibility index (Phi) is 3.95. The lowest BCUT2D eigenvalue weighted by atomic mass is 9.80. The molecular formula is C15H20N4O. The molecule has 1 aliphatic carbocycles. The number of nitriles is 1. The molecule has 1 aliphatic heterocycles. The molecule has 1 saturated heterocycles. The summed E-state index contributed by atoms with van der Waals surface area (Å²) in [4.78, 5) is 11.1. The van der Waals surface area contributed by atoms with Crippen LogP contribution in [0.3, 0.4) is 0 Å². The van der Waals surface area contributed by atoms with Crippen LogP contribution in [0.15, 0.2) is 12.4 Å². The van der Waals surface area contributed by atoms with E-state index in [9.17, 15) is 0 Å². The SMILES string of the molecule is N#Cc1cnc(CN2CCOCC23CCCCC3)nc1. The van der Waals surface area contributed by atoms with Gasteiger partial charge in [-0.05, 0) is 12.8 Å². The first-order valence-electron chi connectivity index (χ1n) is 7.36. The average Bonchev–Trinajstić information content (AvgIpc) is 2.51. The Hall–Kier alpha value is -1.51. The number of hydrogen-bond donors (Lipinski definition) is 0. The second-order valence-electron chi connectivity index (χ2n) is 5.76. The van der Waals surface area contributed by atoms with Crippen LogP contribution in [0.2, 0.25) is 0 Å². The van der Waals surface area contributed by atoms with Gasteiger partial charge in [-0.25, -0.2) is 9.97 Å². The summed E-state index contributed by atoms with van der Waals surface area (Å²) < 4.78 is 5.74. The van der Waals surface area contributed by atoms with Crippen molar-refractivity contribution in [2.75, 3.05) is 19.8 Å². The van der Waals surface area contributed by atoms with Crippen molar-refractivity contribution in [2.24, 2.45) is 0 Å². The summed E-state index contributed by atoms with van der Waals surface area (Å²) >= 11 is 0. The lowest BCUT2D eigenvalue weighted by Gasteiger charge is -2.49. The molecule has 0 aromatic carbocycles. The van der Waals surface area contributed by atoms with Crippen LogP contribution < -0.4 is 0 Å². The van der Waals surface area contributed by atoms with E-state index in [1.807, 2.05) is 0 Å². The van der Waals surface area contributed by atoms with Crippen molar-refractivity contribution in [1.82, 2.24) is 14.9 Å². The molecule has 2 fully saturated rings. The zero-order chi connectivity index (χ0) is 13.8. The summed E-state index contributed by atoms with van der Waals surface area (Å²) in [7, 11) is 0. The molecule has 20 heavy (non-hydrogen) atoms. The van der Waals surface area contributed by atoms with Crippen molar-refractivity contribution in [2.45, 2.75) is 44.2 Å². The van der Waals surface area contributed by atoms with Crippen LogP contribution in [0.4, 0.5) is 0 Å². The molecule has 0 radical (unpaired) electrons. The third-order valence-electron chi connectivity index (χ3n) is 4.50. The first-order valence-corrected chi connectivity index (χ1v) is 7.36. The highest BCUT2D eigenvalue weighted by molar-refractivity contribution is 5.21. The van der Waals surface area contributed by atoms with E-state index in [0.29, 0.717) is 5.56 Å². The Morgan fingerprint density at radius 3 is 2.70 bits per heavy atom. The maximum atomic E-state index is 8.79. The van der Waals surface area contributed by atoms with E-state index in [1.54, 1.807) is 12.4 Å². The number of ether oxygens (including phenoxy) is 1. The van der Waals surface area contributed by atoms with E-state index >= 15 is 0 Å². The maximum absolute atomic E-state index is 8.79. The fourth-order valence-corrected chi connectivity index (χ4v) is 3.35. The molecule has 5 heteroatoms. The van der Waals surface area contributed by atoms with Gasteiger partial charge in [0.1, 0.15) is 11.9 Å². The zero-order valence-corrected chi connectivity index (χ0v) is 11.7. The molecular weight excluding hydrogens is 252 g/mol. The normalized spacial score (nSPS) is 22.6. The summed E-state index contributed by atoms with van der Waals surface area (Å²) in [5.74, 6) is 0.802. The molecule has 0 N–H and O–H groups in total. The first kappa shape index (κ1) is 13.5. The van der Waals surface area contributed by atoms with Crippen LogP contribution in [0.5, 0.6) is 0 Å². The predicted octanol–water partition coefficient (Wildman–Crippen LogP) is 1.88. The molecule has 0 atom stereocenters. The third-order valence-corrected chi connectivity index (χ3v) is 4.50. The Morgan fingerprint density at radius 2 is 2.00 bits per heavy atom. The van der Waals surface area contributed by atoms with Gasteiger partial charge in [0, 0.05) is 24.5 Å². The average molecular weight is 272 g/mol. The van der Waals surface area contributed by atoms with Gasteiger partial charge < -0.3 is 4.74 Å². The van der Waals surface area contributed by atoms with Crippen molar-refractivity contribution in [1.29, 1.82) is 5.26 Å². The summed E-state index contributed by atoms with van der Waals surface area (Å²) in [6.07, 6.45) is 9.55. The summed E-state index contributed by atoms with van der Waals surface area (Å²) in [5.41, 5.74) is 0.705. The Morgan fingerprint density at radius 1 is 1.25 bits per heavy atom. The first-order chi connectivity index (χ1) is 9.82. The fourth-order valence-electron chi connectivity index (χ4n) is 3.35. The highest BCUT2D eigenvalue weighted by Gasteiger charge is 2.40. The molecule has 3 rings (SSSR count). The van der Waals surface area contributed by atoms with E-state index in [0.717, 1.165) is 32.1 Å². The Balaban J connectivity index is 1.74. The minimum Gasteiger partial charge on any atom is -0.378 e. The van der Waals surface area contributed by atoms with E-state index in [2.05, 4.69) is 20.9 Å². The lowest BCUT2D eigenvalue weighted by molar-refractivity contribution is -0.0906. The van der Waals surface area contributed by atoms with E-state index in [4.69, 9.17) is 10.00 Å². The van der Waals surface area contributed by atoms with E-state index in [-0.39, 0.29) is 5.54 Å². The molecule has 1 aromatic rings. The number of nitrogens with zero attached hydrogens (tertiary/aromatic N) is 4. The largest absolute Gasteiger partial charge is 0.378 e. The zero-order valence-electron chi connectivity index (χ0n) is 11.7. The number of aromatic nitrogens is 2. The van der Waals surface area contributed by atoms with Gasteiger partial charge in [-0.1, -0.05) is 19.3 Å². The van der Waals surface area contributed by atoms with Gasteiger partial charge in [0.05, 0.1) is 25.3 Å². The molecule has 1 aromatic heterocycles. The number of morpholine rings is 1. The molecule has 2 heterocycles. The standard InChI is InChI=1S/C15H20N4O/c16-8-13-9-17-14(18-10-13)11-19-6-7-20-12-15(19)4-2-1-3-5-15/h9-10H,1-7,11-12H2. The van der Waals surface area contributed by atoms with Crippen LogP contribution >= 0.6 is 0 Å². The van der Waals surface area contributed by atoms with Crippen molar-refractivity contribution in [3.05, 3.63) is 23.8 Å². The van der Waals surface area contributed by atoms with Crippen LogP contribution in [0.25, 0.3) is 0 Å². The Bertz CT molecular complexity index is 479. The van der Waals surface area contributed by atoms with Gasteiger partial charge >= 0.3 is 0 Å². The monoisotopic (exact) mass is 272 g/mol.